The molecule has 6 nitrogen and oxygen atoms in total. The SMILES string of the molecule is CCC(CNC(=O)c1[nH]c(C)c(C(=O)OC(C)C)c1C)N1CCCC1. The fourth-order valence-electron chi connectivity index (χ4n) is 3.49. The number of aryl methyl sites for hydroxylation is 1. The number of carbonyl (C=O) groups excluding carboxylic acids is 2. The Bertz CT molecular complexity index is 616. The number of rotatable bonds is 7. The Morgan fingerprint density at radius 1 is 1.24 bits per heavy atom. The maximum Gasteiger partial charge on any atom is 0.340 e. The first-order chi connectivity index (χ1) is 11.8. The fourth-order valence-corrected chi connectivity index (χ4v) is 3.49. The highest BCUT2D eigenvalue weighted by Crippen LogP contribution is 2.20. The van der Waals surface area contributed by atoms with Gasteiger partial charge in [-0.1, -0.05) is 6.92 Å². The van der Waals surface area contributed by atoms with Gasteiger partial charge in [0.2, 0.25) is 0 Å². The number of esters is 1. The van der Waals surface area contributed by atoms with Crippen LogP contribution in [0.3, 0.4) is 0 Å². The van der Waals surface area contributed by atoms with E-state index in [1.165, 1.54) is 12.8 Å². The third-order valence-electron chi connectivity index (χ3n) is 4.84. The van der Waals surface area contributed by atoms with Crippen LogP contribution in [0.4, 0.5) is 0 Å². The molecule has 1 aliphatic rings. The van der Waals surface area contributed by atoms with Crippen molar-refractivity contribution < 1.29 is 14.3 Å². The van der Waals surface area contributed by atoms with E-state index in [4.69, 9.17) is 4.74 Å². The number of ether oxygens (including phenoxy) is 1. The first kappa shape index (κ1) is 19.5. The summed E-state index contributed by atoms with van der Waals surface area (Å²) in [5.74, 6) is -0.550. The van der Waals surface area contributed by atoms with Gasteiger partial charge in [-0.3, -0.25) is 9.69 Å². The molecule has 140 valence electrons. The highest BCUT2D eigenvalue weighted by Gasteiger charge is 2.25. The summed E-state index contributed by atoms with van der Waals surface area (Å²) >= 11 is 0. The van der Waals surface area contributed by atoms with Gasteiger partial charge in [-0.2, -0.15) is 0 Å². The van der Waals surface area contributed by atoms with E-state index in [2.05, 4.69) is 22.1 Å². The van der Waals surface area contributed by atoms with E-state index >= 15 is 0 Å². The summed E-state index contributed by atoms with van der Waals surface area (Å²) in [7, 11) is 0. The van der Waals surface area contributed by atoms with Gasteiger partial charge >= 0.3 is 5.97 Å². The molecule has 1 atom stereocenters. The van der Waals surface area contributed by atoms with Crippen LogP contribution in [-0.4, -0.2) is 53.5 Å². The summed E-state index contributed by atoms with van der Waals surface area (Å²) < 4.78 is 5.28. The van der Waals surface area contributed by atoms with Crippen molar-refractivity contribution in [3.05, 3.63) is 22.5 Å². The van der Waals surface area contributed by atoms with Gasteiger partial charge < -0.3 is 15.0 Å². The lowest BCUT2D eigenvalue weighted by atomic mass is 10.1. The van der Waals surface area contributed by atoms with Crippen molar-refractivity contribution in [2.45, 2.75) is 66.0 Å². The van der Waals surface area contributed by atoms with Crippen LogP contribution < -0.4 is 5.32 Å². The Kier molecular flexibility index (Phi) is 6.64. The van der Waals surface area contributed by atoms with Crippen LogP contribution in [0.1, 0.15) is 72.1 Å². The predicted octanol–water partition coefficient (Wildman–Crippen LogP) is 2.80. The molecule has 1 amide bonds. The van der Waals surface area contributed by atoms with Crippen LogP contribution in [0.5, 0.6) is 0 Å². The standard InChI is InChI=1S/C19H31N3O3/c1-6-15(22-9-7-8-10-22)11-20-18(23)17-13(4)16(14(5)21-17)19(24)25-12(2)3/h12,15,21H,6-11H2,1-5H3,(H,20,23). The molecule has 0 aliphatic carbocycles. The third kappa shape index (κ3) is 4.63. The van der Waals surface area contributed by atoms with Crippen molar-refractivity contribution in [1.82, 2.24) is 15.2 Å². The first-order valence-electron chi connectivity index (χ1n) is 9.27. The van der Waals surface area contributed by atoms with E-state index in [1.54, 1.807) is 13.8 Å². The van der Waals surface area contributed by atoms with Crippen molar-refractivity contribution in [1.29, 1.82) is 0 Å². The minimum atomic E-state index is -0.385. The minimum Gasteiger partial charge on any atom is -0.459 e. The number of hydrogen-bond donors (Lipinski definition) is 2. The lowest BCUT2D eigenvalue weighted by Crippen LogP contribution is -2.42. The molecule has 1 aromatic rings. The lowest BCUT2D eigenvalue weighted by molar-refractivity contribution is 0.0376. The molecule has 0 saturated carbocycles. The third-order valence-corrected chi connectivity index (χ3v) is 4.84. The molecule has 6 heteroatoms. The second kappa shape index (κ2) is 8.52. The Hall–Kier alpha value is -1.82. The molecule has 1 aliphatic heterocycles. The van der Waals surface area contributed by atoms with Crippen molar-refractivity contribution in [2.24, 2.45) is 0 Å². The number of aromatic amines is 1. The van der Waals surface area contributed by atoms with Crippen LogP contribution in [0, 0.1) is 13.8 Å². The van der Waals surface area contributed by atoms with Gasteiger partial charge in [-0.15, -0.1) is 0 Å². The van der Waals surface area contributed by atoms with Crippen molar-refractivity contribution in [3.63, 3.8) is 0 Å². The van der Waals surface area contributed by atoms with Crippen LogP contribution in [-0.2, 0) is 4.74 Å². The smallest absolute Gasteiger partial charge is 0.340 e. The van der Waals surface area contributed by atoms with E-state index in [-0.39, 0.29) is 18.0 Å². The molecule has 25 heavy (non-hydrogen) atoms. The molecular weight excluding hydrogens is 318 g/mol. The van der Waals surface area contributed by atoms with Crippen molar-refractivity contribution >= 4 is 11.9 Å². The van der Waals surface area contributed by atoms with Gasteiger partial charge in [0.15, 0.2) is 0 Å². The zero-order chi connectivity index (χ0) is 18.6. The quantitative estimate of drug-likeness (QED) is 0.742. The highest BCUT2D eigenvalue weighted by molar-refractivity contribution is 6.00. The van der Waals surface area contributed by atoms with Crippen LogP contribution >= 0.6 is 0 Å². The molecule has 2 N–H and O–H groups in total. The molecule has 0 bridgehead atoms. The average Bonchev–Trinajstić information content (AvgIpc) is 3.15. The van der Waals surface area contributed by atoms with Gasteiger partial charge in [-0.25, -0.2) is 4.79 Å². The van der Waals surface area contributed by atoms with Gasteiger partial charge in [0.1, 0.15) is 5.69 Å². The molecule has 2 heterocycles. The Balaban J connectivity index is 2.05. The number of likely N-dealkylation sites (tertiary alicyclic amines) is 1. The topological polar surface area (TPSA) is 74.4 Å². The summed E-state index contributed by atoms with van der Waals surface area (Å²) in [6.07, 6.45) is 3.29. The van der Waals surface area contributed by atoms with Gasteiger partial charge in [0.25, 0.3) is 5.91 Å². The number of amides is 1. The average molecular weight is 349 g/mol. The predicted molar refractivity (Wildman–Crippen MR) is 98.0 cm³/mol. The Morgan fingerprint density at radius 3 is 2.44 bits per heavy atom. The lowest BCUT2D eigenvalue weighted by Gasteiger charge is -2.26. The molecule has 2 rings (SSSR count). The highest BCUT2D eigenvalue weighted by atomic mass is 16.5. The van der Waals surface area contributed by atoms with Gasteiger partial charge in [-0.05, 0) is 65.6 Å². The second-order valence-corrected chi connectivity index (χ2v) is 7.09. The van der Waals surface area contributed by atoms with Gasteiger partial charge in [0, 0.05) is 18.3 Å². The van der Waals surface area contributed by atoms with E-state index in [0.29, 0.717) is 35.1 Å². The molecular formula is C19H31N3O3. The summed E-state index contributed by atoms with van der Waals surface area (Å²) in [5, 5.41) is 3.02. The summed E-state index contributed by atoms with van der Waals surface area (Å²) in [5.41, 5.74) is 2.23. The number of aromatic nitrogens is 1. The molecule has 0 radical (unpaired) electrons. The summed E-state index contributed by atoms with van der Waals surface area (Å²) in [6, 6.07) is 0.369. The minimum absolute atomic E-state index is 0.165. The van der Waals surface area contributed by atoms with E-state index in [9.17, 15) is 9.59 Å². The normalized spacial score (nSPS) is 16.2. The second-order valence-electron chi connectivity index (χ2n) is 7.09. The molecule has 1 aromatic heterocycles. The van der Waals surface area contributed by atoms with Crippen molar-refractivity contribution in [3.8, 4) is 0 Å². The monoisotopic (exact) mass is 349 g/mol. The zero-order valence-electron chi connectivity index (χ0n) is 16.1. The number of hydrogen-bond acceptors (Lipinski definition) is 4. The summed E-state index contributed by atoms with van der Waals surface area (Å²) in [4.78, 5) is 30.3. The van der Waals surface area contributed by atoms with Crippen molar-refractivity contribution in [2.75, 3.05) is 19.6 Å². The zero-order valence-corrected chi connectivity index (χ0v) is 16.1. The number of nitrogens with zero attached hydrogens (tertiary/aromatic N) is 1. The number of carbonyl (C=O) groups is 2. The molecule has 0 aromatic carbocycles. The van der Waals surface area contributed by atoms with Crippen LogP contribution in [0.15, 0.2) is 0 Å². The summed E-state index contributed by atoms with van der Waals surface area (Å²) in [6.45, 7) is 12.2. The van der Waals surface area contributed by atoms with Gasteiger partial charge in [0.05, 0.1) is 11.7 Å². The van der Waals surface area contributed by atoms with E-state index in [0.717, 1.165) is 19.5 Å². The fraction of sp³-hybridized carbons (Fsp3) is 0.684. The van der Waals surface area contributed by atoms with E-state index in [1.807, 2.05) is 13.8 Å². The largest absolute Gasteiger partial charge is 0.459 e. The van der Waals surface area contributed by atoms with Crippen LogP contribution in [0.25, 0.3) is 0 Å². The molecule has 1 fully saturated rings. The van der Waals surface area contributed by atoms with E-state index < -0.39 is 0 Å². The maximum atomic E-state index is 12.6. The number of H-pyrrole nitrogens is 1. The van der Waals surface area contributed by atoms with Crippen LogP contribution in [0.2, 0.25) is 0 Å². The maximum absolute atomic E-state index is 12.6. The number of nitrogens with one attached hydrogen (secondary N) is 2. The Morgan fingerprint density at radius 2 is 1.88 bits per heavy atom. The Labute approximate surface area is 150 Å². The molecule has 0 spiro atoms. The first-order valence-corrected chi connectivity index (χ1v) is 9.27. The molecule has 1 saturated heterocycles. The molecule has 1 unspecified atom stereocenters.